The molecule has 0 saturated heterocycles. The smallest absolute Gasteiger partial charge is 0.240 e. The average Bonchev–Trinajstić information content (AvgIpc) is 2.89. The van der Waals surface area contributed by atoms with Crippen molar-refractivity contribution in [2.45, 2.75) is 26.4 Å². The summed E-state index contributed by atoms with van der Waals surface area (Å²) in [5, 5.41) is 2.88. The van der Waals surface area contributed by atoms with E-state index in [1.807, 2.05) is 36.7 Å². The minimum absolute atomic E-state index is 0.0373. The van der Waals surface area contributed by atoms with Crippen molar-refractivity contribution in [2.24, 2.45) is 0 Å². The van der Waals surface area contributed by atoms with Crippen molar-refractivity contribution in [3.63, 3.8) is 0 Å². The number of pyridine rings is 1. The number of hydrogen-bond acceptors (Lipinski definition) is 2. The summed E-state index contributed by atoms with van der Waals surface area (Å²) in [5.41, 5.74) is 3.49. The summed E-state index contributed by atoms with van der Waals surface area (Å²) in [7, 11) is 0. The molecule has 0 aliphatic carbocycles. The number of carbonyl (C=O) groups is 1. The van der Waals surface area contributed by atoms with Gasteiger partial charge < -0.3 is 9.88 Å². The molecule has 23 heavy (non-hydrogen) atoms. The van der Waals surface area contributed by atoms with Crippen molar-refractivity contribution < 1.29 is 9.18 Å². The molecule has 2 heterocycles. The molecule has 0 fully saturated rings. The number of aromatic nitrogens is 2. The Balaban J connectivity index is 1.93. The van der Waals surface area contributed by atoms with E-state index >= 15 is 0 Å². The van der Waals surface area contributed by atoms with Crippen LogP contribution in [0.3, 0.4) is 0 Å². The Morgan fingerprint density at radius 3 is 2.65 bits per heavy atom. The molecule has 4 nitrogen and oxygen atoms in total. The third-order valence-electron chi connectivity index (χ3n) is 3.56. The Bertz CT molecular complexity index is 837. The largest absolute Gasteiger partial charge is 0.352 e. The molecule has 0 aliphatic rings. The monoisotopic (exact) mass is 311 g/mol. The third kappa shape index (κ3) is 3.39. The van der Waals surface area contributed by atoms with Gasteiger partial charge in [0, 0.05) is 24.0 Å². The van der Waals surface area contributed by atoms with Crippen LogP contribution in [0.1, 0.15) is 13.8 Å². The topological polar surface area (TPSA) is 46.9 Å². The van der Waals surface area contributed by atoms with Crippen LogP contribution in [-0.2, 0) is 11.3 Å². The number of hydrogen-bond donors (Lipinski definition) is 1. The second-order valence-corrected chi connectivity index (χ2v) is 5.80. The van der Waals surface area contributed by atoms with Crippen molar-refractivity contribution in [3.05, 3.63) is 54.6 Å². The normalized spacial score (nSPS) is 11.1. The highest BCUT2D eigenvalue weighted by Crippen LogP contribution is 2.23. The first-order chi connectivity index (χ1) is 11.0. The summed E-state index contributed by atoms with van der Waals surface area (Å²) >= 11 is 0. The molecule has 0 bridgehead atoms. The Labute approximate surface area is 134 Å². The lowest BCUT2D eigenvalue weighted by molar-refractivity contribution is -0.122. The van der Waals surface area contributed by atoms with Crippen LogP contribution in [0.15, 0.2) is 48.8 Å². The maximum Gasteiger partial charge on any atom is 0.240 e. The van der Waals surface area contributed by atoms with Crippen molar-refractivity contribution in [1.29, 1.82) is 0 Å². The molecule has 0 radical (unpaired) electrons. The van der Waals surface area contributed by atoms with E-state index in [2.05, 4.69) is 10.3 Å². The zero-order valence-corrected chi connectivity index (χ0v) is 13.1. The molecule has 1 amide bonds. The van der Waals surface area contributed by atoms with E-state index in [0.717, 1.165) is 22.2 Å². The highest BCUT2D eigenvalue weighted by Gasteiger charge is 2.09. The summed E-state index contributed by atoms with van der Waals surface area (Å²) < 4.78 is 14.9. The zero-order chi connectivity index (χ0) is 16.4. The highest BCUT2D eigenvalue weighted by atomic mass is 19.1. The van der Waals surface area contributed by atoms with Crippen LogP contribution in [0.5, 0.6) is 0 Å². The van der Waals surface area contributed by atoms with Crippen LogP contribution in [0.2, 0.25) is 0 Å². The lowest BCUT2D eigenvalue weighted by Crippen LogP contribution is -2.32. The van der Waals surface area contributed by atoms with Gasteiger partial charge in [0.05, 0.1) is 11.0 Å². The molecule has 2 aromatic heterocycles. The van der Waals surface area contributed by atoms with Gasteiger partial charge >= 0.3 is 0 Å². The number of halogens is 1. The minimum atomic E-state index is -0.267. The van der Waals surface area contributed by atoms with Crippen LogP contribution in [0.25, 0.3) is 22.2 Å². The lowest BCUT2D eigenvalue weighted by Gasteiger charge is -2.10. The number of carbonyl (C=O) groups excluding carboxylic acids is 1. The van der Waals surface area contributed by atoms with E-state index < -0.39 is 0 Å². The number of rotatable bonds is 4. The molecule has 0 aliphatic heterocycles. The maximum atomic E-state index is 13.1. The first-order valence-corrected chi connectivity index (χ1v) is 7.53. The molecule has 0 atom stereocenters. The molecule has 1 N–H and O–H groups in total. The van der Waals surface area contributed by atoms with Gasteiger partial charge in [-0.05, 0) is 43.7 Å². The third-order valence-corrected chi connectivity index (χ3v) is 3.56. The minimum Gasteiger partial charge on any atom is -0.352 e. The Morgan fingerprint density at radius 2 is 1.96 bits per heavy atom. The molecule has 0 unspecified atom stereocenters. The number of nitrogens with one attached hydrogen (secondary N) is 1. The van der Waals surface area contributed by atoms with Crippen LogP contribution >= 0.6 is 0 Å². The summed E-state index contributed by atoms with van der Waals surface area (Å²) in [6.45, 7) is 4.11. The quantitative estimate of drug-likeness (QED) is 0.803. The first kappa shape index (κ1) is 15.2. The lowest BCUT2D eigenvalue weighted by atomic mass is 10.1. The van der Waals surface area contributed by atoms with E-state index in [9.17, 15) is 9.18 Å². The fourth-order valence-electron chi connectivity index (χ4n) is 2.52. The number of amides is 1. The van der Waals surface area contributed by atoms with Gasteiger partial charge in [0.15, 0.2) is 0 Å². The molecule has 0 spiro atoms. The first-order valence-electron chi connectivity index (χ1n) is 7.53. The molecule has 118 valence electrons. The Morgan fingerprint density at radius 1 is 1.22 bits per heavy atom. The second-order valence-electron chi connectivity index (χ2n) is 5.80. The highest BCUT2D eigenvalue weighted by molar-refractivity contribution is 5.84. The SMILES string of the molecule is CC(C)NC(=O)Cn1ccc2ncc(-c3ccc(F)cc3)cc21. The predicted octanol–water partition coefficient (Wildman–Crippen LogP) is 3.37. The summed E-state index contributed by atoms with van der Waals surface area (Å²) in [5.74, 6) is -0.304. The van der Waals surface area contributed by atoms with Crippen molar-refractivity contribution in [3.8, 4) is 11.1 Å². The molecule has 3 aromatic rings. The van der Waals surface area contributed by atoms with Crippen LogP contribution in [-0.4, -0.2) is 21.5 Å². The molecule has 3 rings (SSSR count). The standard InChI is InChI=1S/C18H18FN3O/c1-12(2)21-18(23)11-22-8-7-16-17(22)9-14(10-20-16)13-3-5-15(19)6-4-13/h3-10,12H,11H2,1-2H3,(H,21,23). The van der Waals surface area contributed by atoms with E-state index in [-0.39, 0.29) is 24.3 Å². The van der Waals surface area contributed by atoms with Gasteiger partial charge in [0.25, 0.3) is 0 Å². The van der Waals surface area contributed by atoms with Crippen molar-refractivity contribution in [2.75, 3.05) is 0 Å². The number of nitrogens with zero attached hydrogens (tertiary/aromatic N) is 2. The molecule has 1 aromatic carbocycles. The predicted molar refractivity (Wildman–Crippen MR) is 88.4 cm³/mol. The van der Waals surface area contributed by atoms with Gasteiger partial charge in [0.1, 0.15) is 12.4 Å². The van der Waals surface area contributed by atoms with Crippen LogP contribution in [0.4, 0.5) is 4.39 Å². The molecular formula is C18H18FN3O. The summed E-state index contributed by atoms with van der Waals surface area (Å²) in [6, 6.07) is 10.2. The van der Waals surface area contributed by atoms with Gasteiger partial charge in [-0.3, -0.25) is 9.78 Å². The van der Waals surface area contributed by atoms with Crippen LogP contribution < -0.4 is 5.32 Å². The van der Waals surface area contributed by atoms with Gasteiger partial charge in [0.2, 0.25) is 5.91 Å². The second kappa shape index (κ2) is 6.20. The fourth-order valence-corrected chi connectivity index (χ4v) is 2.52. The summed E-state index contributed by atoms with van der Waals surface area (Å²) in [6.07, 6.45) is 3.61. The van der Waals surface area contributed by atoms with E-state index in [1.54, 1.807) is 18.3 Å². The van der Waals surface area contributed by atoms with Crippen LogP contribution in [0, 0.1) is 5.82 Å². The molecular weight excluding hydrogens is 293 g/mol. The van der Waals surface area contributed by atoms with Gasteiger partial charge in [-0.25, -0.2) is 4.39 Å². The van der Waals surface area contributed by atoms with Crippen molar-refractivity contribution in [1.82, 2.24) is 14.9 Å². The van der Waals surface area contributed by atoms with Gasteiger partial charge in [-0.15, -0.1) is 0 Å². The average molecular weight is 311 g/mol. The fraction of sp³-hybridized carbons (Fsp3) is 0.222. The zero-order valence-electron chi connectivity index (χ0n) is 13.1. The van der Waals surface area contributed by atoms with Crippen molar-refractivity contribution >= 4 is 16.9 Å². The number of fused-ring (bicyclic) bond motifs is 1. The number of benzene rings is 1. The van der Waals surface area contributed by atoms with E-state index in [4.69, 9.17) is 0 Å². The summed E-state index contributed by atoms with van der Waals surface area (Å²) in [4.78, 5) is 16.4. The van der Waals surface area contributed by atoms with E-state index in [1.165, 1.54) is 12.1 Å². The molecule has 5 heteroatoms. The van der Waals surface area contributed by atoms with Gasteiger partial charge in [-0.1, -0.05) is 12.1 Å². The van der Waals surface area contributed by atoms with Gasteiger partial charge in [-0.2, -0.15) is 0 Å². The maximum absolute atomic E-state index is 13.1. The molecule has 0 saturated carbocycles. The Kier molecular flexibility index (Phi) is 4.10. The van der Waals surface area contributed by atoms with E-state index in [0.29, 0.717) is 0 Å². The Hall–Kier alpha value is -2.69.